The Bertz CT molecular complexity index is 325. The maximum atomic E-state index is 8.62. The van der Waals surface area contributed by atoms with Gasteiger partial charge in [0.2, 0.25) is 0 Å². The molecule has 0 heterocycles. The SMILES string of the molecule is CC(C)(C)CNc1ccc(C#N)cc1. The van der Waals surface area contributed by atoms with E-state index in [-0.39, 0.29) is 5.41 Å². The zero-order chi connectivity index (χ0) is 10.6. The largest absolute Gasteiger partial charge is 0.385 e. The van der Waals surface area contributed by atoms with Gasteiger partial charge in [-0.15, -0.1) is 0 Å². The van der Waals surface area contributed by atoms with Crippen molar-refractivity contribution in [3.8, 4) is 6.07 Å². The summed E-state index contributed by atoms with van der Waals surface area (Å²) in [6.45, 7) is 7.48. The molecule has 2 heteroatoms. The van der Waals surface area contributed by atoms with Crippen LogP contribution in [0, 0.1) is 16.7 Å². The van der Waals surface area contributed by atoms with Crippen LogP contribution >= 0.6 is 0 Å². The summed E-state index contributed by atoms with van der Waals surface area (Å²) in [4.78, 5) is 0. The molecule has 0 spiro atoms. The van der Waals surface area contributed by atoms with Crippen molar-refractivity contribution >= 4 is 5.69 Å². The number of nitriles is 1. The summed E-state index contributed by atoms with van der Waals surface area (Å²) >= 11 is 0. The highest BCUT2D eigenvalue weighted by Crippen LogP contribution is 2.15. The van der Waals surface area contributed by atoms with Gasteiger partial charge in [-0.25, -0.2) is 0 Å². The average molecular weight is 188 g/mol. The smallest absolute Gasteiger partial charge is 0.0991 e. The Hall–Kier alpha value is -1.49. The van der Waals surface area contributed by atoms with E-state index in [0.717, 1.165) is 12.2 Å². The molecule has 1 rings (SSSR count). The molecule has 0 amide bonds. The van der Waals surface area contributed by atoms with Crippen molar-refractivity contribution < 1.29 is 0 Å². The van der Waals surface area contributed by atoms with Crippen LogP contribution in [0.4, 0.5) is 5.69 Å². The fourth-order valence-electron chi connectivity index (χ4n) is 1.03. The van der Waals surface area contributed by atoms with Gasteiger partial charge in [0.15, 0.2) is 0 Å². The van der Waals surface area contributed by atoms with Gasteiger partial charge in [0.1, 0.15) is 0 Å². The monoisotopic (exact) mass is 188 g/mol. The van der Waals surface area contributed by atoms with Crippen molar-refractivity contribution in [1.82, 2.24) is 0 Å². The second-order valence-corrected chi connectivity index (χ2v) is 4.60. The highest BCUT2D eigenvalue weighted by atomic mass is 14.9. The molecule has 0 saturated heterocycles. The maximum Gasteiger partial charge on any atom is 0.0991 e. The number of nitrogens with one attached hydrogen (secondary N) is 1. The Morgan fingerprint density at radius 2 is 1.79 bits per heavy atom. The molecule has 14 heavy (non-hydrogen) atoms. The maximum absolute atomic E-state index is 8.62. The first-order chi connectivity index (χ1) is 6.51. The van der Waals surface area contributed by atoms with Gasteiger partial charge >= 0.3 is 0 Å². The van der Waals surface area contributed by atoms with Crippen LogP contribution in [-0.2, 0) is 0 Å². The molecule has 2 nitrogen and oxygen atoms in total. The van der Waals surface area contributed by atoms with Crippen LogP contribution in [0.5, 0.6) is 0 Å². The lowest BCUT2D eigenvalue weighted by Gasteiger charge is -2.19. The Balaban J connectivity index is 2.58. The molecule has 74 valence electrons. The molecule has 0 saturated carbocycles. The van der Waals surface area contributed by atoms with E-state index in [1.54, 1.807) is 0 Å². The first kappa shape index (κ1) is 10.6. The van der Waals surface area contributed by atoms with Crippen molar-refractivity contribution in [2.75, 3.05) is 11.9 Å². The summed E-state index contributed by atoms with van der Waals surface area (Å²) in [7, 11) is 0. The molecule has 1 aromatic carbocycles. The zero-order valence-corrected chi connectivity index (χ0v) is 8.96. The lowest BCUT2D eigenvalue weighted by molar-refractivity contribution is 0.443. The molecular weight excluding hydrogens is 172 g/mol. The second-order valence-electron chi connectivity index (χ2n) is 4.60. The van der Waals surface area contributed by atoms with E-state index in [0.29, 0.717) is 5.56 Å². The van der Waals surface area contributed by atoms with Gasteiger partial charge in [-0.2, -0.15) is 5.26 Å². The molecule has 0 fully saturated rings. The van der Waals surface area contributed by atoms with Crippen LogP contribution in [0.25, 0.3) is 0 Å². The number of anilines is 1. The standard InChI is InChI=1S/C12H16N2/c1-12(2,3)9-14-11-6-4-10(8-13)5-7-11/h4-7,14H,9H2,1-3H3. The van der Waals surface area contributed by atoms with E-state index < -0.39 is 0 Å². The molecule has 0 aliphatic rings. The van der Waals surface area contributed by atoms with E-state index in [9.17, 15) is 0 Å². The van der Waals surface area contributed by atoms with Crippen LogP contribution in [0.15, 0.2) is 24.3 Å². The molecule has 0 unspecified atom stereocenters. The predicted molar refractivity (Wildman–Crippen MR) is 59.1 cm³/mol. The summed E-state index contributed by atoms with van der Waals surface area (Å²) in [6.07, 6.45) is 0. The van der Waals surface area contributed by atoms with Gasteiger partial charge in [0, 0.05) is 12.2 Å². The molecular formula is C12H16N2. The van der Waals surface area contributed by atoms with Gasteiger partial charge in [0.05, 0.1) is 11.6 Å². The van der Waals surface area contributed by atoms with E-state index in [4.69, 9.17) is 5.26 Å². The number of hydrogen-bond donors (Lipinski definition) is 1. The molecule has 0 radical (unpaired) electrons. The summed E-state index contributed by atoms with van der Waals surface area (Å²) < 4.78 is 0. The van der Waals surface area contributed by atoms with Gasteiger partial charge in [-0.1, -0.05) is 20.8 Å². The lowest BCUT2D eigenvalue weighted by Crippen LogP contribution is -2.18. The molecule has 0 aliphatic heterocycles. The molecule has 0 aromatic heterocycles. The van der Waals surface area contributed by atoms with E-state index in [1.165, 1.54) is 0 Å². The number of benzene rings is 1. The first-order valence-electron chi connectivity index (χ1n) is 4.75. The highest BCUT2D eigenvalue weighted by molar-refractivity contribution is 5.47. The van der Waals surface area contributed by atoms with E-state index >= 15 is 0 Å². The Labute approximate surface area is 85.6 Å². The predicted octanol–water partition coefficient (Wildman–Crippen LogP) is 3.02. The Morgan fingerprint density at radius 1 is 1.21 bits per heavy atom. The van der Waals surface area contributed by atoms with Crippen molar-refractivity contribution in [2.45, 2.75) is 20.8 Å². The Kier molecular flexibility index (Phi) is 3.14. The molecule has 1 aromatic rings. The summed E-state index contributed by atoms with van der Waals surface area (Å²) in [5.74, 6) is 0. The van der Waals surface area contributed by atoms with E-state index in [1.807, 2.05) is 24.3 Å². The third-order valence-electron chi connectivity index (χ3n) is 1.84. The fourth-order valence-corrected chi connectivity index (χ4v) is 1.03. The summed E-state index contributed by atoms with van der Waals surface area (Å²) in [6, 6.07) is 9.62. The number of hydrogen-bond acceptors (Lipinski definition) is 2. The van der Waals surface area contributed by atoms with Gasteiger partial charge in [0.25, 0.3) is 0 Å². The lowest BCUT2D eigenvalue weighted by atomic mass is 9.97. The zero-order valence-electron chi connectivity index (χ0n) is 8.96. The van der Waals surface area contributed by atoms with Gasteiger partial charge in [-0.3, -0.25) is 0 Å². The molecule has 0 aliphatic carbocycles. The number of rotatable bonds is 2. The molecule has 0 bridgehead atoms. The van der Waals surface area contributed by atoms with Crippen molar-refractivity contribution in [3.05, 3.63) is 29.8 Å². The highest BCUT2D eigenvalue weighted by Gasteiger charge is 2.08. The minimum atomic E-state index is 0.272. The normalized spacial score (nSPS) is 10.7. The van der Waals surface area contributed by atoms with Crippen LogP contribution in [0.2, 0.25) is 0 Å². The van der Waals surface area contributed by atoms with Crippen LogP contribution in [0.1, 0.15) is 26.3 Å². The fraction of sp³-hybridized carbons (Fsp3) is 0.417. The van der Waals surface area contributed by atoms with E-state index in [2.05, 4.69) is 32.2 Å². The molecule has 1 N–H and O–H groups in total. The number of nitrogens with zero attached hydrogens (tertiary/aromatic N) is 1. The Morgan fingerprint density at radius 3 is 2.21 bits per heavy atom. The minimum Gasteiger partial charge on any atom is -0.385 e. The third-order valence-corrected chi connectivity index (χ3v) is 1.84. The minimum absolute atomic E-state index is 0.272. The first-order valence-corrected chi connectivity index (χ1v) is 4.75. The van der Waals surface area contributed by atoms with Crippen LogP contribution < -0.4 is 5.32 Å². The van der Waals surface area contributed by atoms with Gasteiger partial charge in [-0.05, 0) is 29.7 Å². The van der Waals surface area contributed by atoms with Crippen LogP contribution in [-0.4, -0.2) is 6.54 Å². The summed E-state index contributed by atoms with van der Waals surface area (Å²) in [5.41, 5.74) is 2.04. The van der Waals surface area contributed by atoms with Crippen molar-refractivity contribution in [2.24, 2.45) is 5.41 Å². The molecule has 0 atom stereocenters. The van der Waals surface area contributed by atoms with Crippen molar-refractivity contribution in [1.29, 1.82) is 5.26 Å². The summed E-state index contributed by atoms with van der Waals surface area (Å²) in [5, 5.41) is 11.9. The van der Waals surface area contributed by atoms with Crippen LogP contribution in [0.3, 0.4) is 0 Å². The average Bonchev–Trinajstić information content (AvgIpc) is 2.14. The van der Waals surface area contributed by atoms with Crippen molar-refractivity contribution in [3.63, 3.8) is 0 Å². The van der Waals surface area contributed by atoms with Gasteiger partial charge < -0.3 is 5.32 Å². The quantitative estimate of drug-likeness (QED) is 0.774. The third kappa shape index (κ3) is 3.49. The second kappa shape index (κ2) is 4.15. The topological polar surface area (TPSA) is 35.8 Å².